The fourth-order valence-corrected chi connectivity index (χ4v) is 4.99. The molecule has 29 heavy (non-hydrogen) atoms. The third-order valence-electron chi connectivity index (χ3n) is 5.08. The van der Waals surface area contributed by atoms with Crippen LogP contribution in [-0.4, -0.2) is 30.6 Å². The van der Waals surface area contributed by atoms with Crippen LogP contribution in [0.2, 0.25) is 0 Å². The lowest BCUT2D eigenvalue weighted by molar-refractivity contribution is -0.128. The number of hydrogen-bond acceptors (Lipinski definition) is 4. The fraction of sp³-hybridized carbons (Fsp3) is 0.364. The van der Waals surface area contributed by atoms with Crippen molar-refractivity contribution in [2.75, 3.05) is 5.32 Å². The third-order valence-corrected chi connectivity index (χ3v) is 6.93. The zero-order valence-corrected chi connectivity index (χ0v) is 17.5. The first-order valence-corrected chi connectivity index (χ1v) is 11.3. The average molecular weight is 415 g/mol. The van der Waals surface area contributed by atoms with Crippen molar-refractivity contribution < 1.29 is 18.0 Å². The van der Waals surface area contributed by atoms with E-state index >= 15 is 0 Å². The lowest BCUT2D eigenvalue weighted by Gasteiger charge is -2.23. The van der Waals surface area contributed by atoms with Crippen molar-refractivity contribution in [3.05, 3.63) is 59.7 Å². The van der Waals surface area contributed by atoms with Gasteiger partial charge < -0.3 is 5.32 Å². The monoisotopic (exact) mass is 414 g/mol. The molecule has 2 aromatic rings. The van der Waals surface area contributed by atoms with E-state index in [0.29, 0.717) is 5.69 Å². The molecular weight excluding hydrogens is 388 g/mol. The SMILES string of the molecule is CCCCc1ccc(NC(=O)[C@@H]2CCC(=O)N2S(=O)(=O)c2ccc(C)cc2)cc1. The second-order valence-corrected chi connectivity index (χ2v) is 9.17. The number of hydrogen-bond donors (Lipinski definition) is 1. The summed E-state index contributed by atoms with van der Waals surface area (Å²) in [6.07, 6.45) is 3.38. The second kappa shape index (κ2) is 8.78. The standard InChI is InChI=1S/C22H26N2O4S/c1-3-4-5-17-8-10-18(11-9-17)23-22(26)20-14-15-21(25)24(20)29(27,28)19-12-6-16(2)7-13-19/h6-13,20H,3-5,14-15H2,1-2H3,(H,23,26)/t20-/m0/s1. The predicted molar refractivity (Wildman–Crippen MR) is 112 cm³/mol. The van der Waals surface area contributed by atoms with Gasteiger partial charge >= 0.3 is 0 Å². The Hall–Kier alpha value is -2.67. The second-order valence-electron chi connectivity index (χ2n) is 7.35. The zero-order chi connectivity index (χ0) is 21.0. The van der Waals surface area contributed by atoms with Crippen LogP contribution in [-0.2, 0) is 26.0 Å². The molecule has 1 aliphatic rings. The van der Waals surface area contributed by atoms with E-state index in [-0.39, 0.29) is 17.7 Å². The molecule has 0 radical (unpaired) electrons. The molecule has 7 heteroatoms. The maximum Gasteiger partial charge on any atom is 0.267 e. The minimum atomic E-state index is -4.09. The van der Waals surface area contributed by atoms with Crippen LogP contribution in [0.25, 0.3) is 0 Å². The third kappa shape index (κ3) is 4.67. The minimum absolute atomic E-state index is 0.0106. The topological polar surface area (TPSA) is 83.6 Å². The first kappa shape index (κ1) is 21.0. The van der Waals surface area contributed by atoms with Crippen molar-refractivity contribution in [2.45, 2.75) is 56.9 Å². The molecule has 1 saturated heterocycles. The number of anilines is 1. The normalized spacial score (nSPS) is 16.8. The van der Waals surface area contributed by atoms with Gasteiger partial charge in [-0.05, 0) is 56.0 Å². The quantitative estimate of drug-likeness (QED) is 0.749. The molecular formula is C22H26N2O4S. The molecule has 6 nitrogen and oxygen atoms in total. The largest absolute Gasteiger partial charge is 0.324 e. The summed E-state index contributed by atoms with van der Waals surface area (Å²) in [6, 6.07) is 12.7. The van der Waals surface area contributed by atoms with E-state index in [2.05, 4.69) is 12.2 Å². The molecule has 2 amide bonds. The van der Waals surface area contributed by atoms with Crippen LogP contribution in [0, 0.1) is 6.92 Å². The molecule has 1 N–H and O–H groups in total. The lowest BCUT2D eigenvalue weighted by Crippen LogP contribution is -2.45. The Bertz CT molecular complexity index is 982. The van der Waals surface area contributed by atoms with Gasteiger partial charge in [-0.3, -0.25) is 9.59 Å². The summed E-state index contributed by atoms with van der Waals surface area (Å²) < 4.78 is 26.7. The molecule has 1 heterocycles. The van der Waals surface area contributed by atoms with Gasteiger partial charge in [0.15, 0.2) is 0 Å². The first-order chi connectivity index (χ1) is 13.8. The van der Waals surface area contributed by atoms with Crippen LogP contribution < -0.4 is 5.32 Å². The number of aryl methyl sites for hydroxylation is 2. The van der Waals surface area contributed by atoms with E-state index < -0.39 is 27.9 Å². The summed E-state index contributed by atoms with van der Waals surface area (Å²) in [6.45, 7) is 3.98. The summed E-state index contributed by atoms with van der Waals surface area (Å²) in [5.41, 5.74) is 2.68. The lowest BCUT2D eigenvalue weighted by atomic mass is 10.1. The molecule has 3 rings (SSSR count). The molecule has 1 aliphatic heterocycles. The Labute approximate surface area is 172 Å². The number of unbranched alkanes of at least 4 members (excludes halogenated alkanes) is 1. The average Bonchev–Trinajstić information content (AvgIpc) is 3.10. The number of amides is 2. The Morgan fingerprint density at radius 1 is 1.10 bits per heavy atom. The molecule has 0 aromatic heterocycles. The molecule has 0 unspecified atom stereocenters. The Kier molecular flexibility index (Phi) is 6.37. The Morgan fingerprint density at radius 2 is 1.76 bits per heavy atom. The van der Waals surface area contributed by atoms with Crippen molar-refractivity contribution in [1.82, 2.24) is 4.31 Å². The van der Waals surface area contributed by atoms with E-state index in [1.54, 1.807) is 24.3 Å². The maximum atomic E-state index is 13.0. The summed E-state index contributed by atoms with van der Waals surface area (Å²) >= 11 is 0. The van der Waals surface area contributed by atoms with Gasteiger partial charge in [0.1, 0.15) is 6.04 Å². The van der Waals surface area contributed by atoms with Crippen molar-refractivity contribution in [2.24, 2.45) is 0 Å². The number of nitrogens with zero attached hydrogens (tertiary/aromatic N) is 1. The van der Waals surface area contributed by atoms with Crippen LogP contribution in [0.3, 0.4) is 0 Å². The molecule has 0 bridgehead atoms. The highest BCUT2D eigenvalue weighted by Crippen LogP contribution is 2.28. The molecule has 1 fully saturated rings. The smallest absolute Gasteiger partial charge is 0.267 e. The van der Waals surface area contributed by atoms with Crippen LogP contribution in [0.5, 0.6) is 0 Å². The van der Waals surface area contributed by atoms with E-state index in [1.165, 1.54) is 17.7 Å². The number of sulfonamides is 1. The Balaban J connectivity index is 1.77. The van der Waals surface area contributed by atoms with Crippen molar-refractivity contribution in [3.8, 4) is 0 Å². The van der Waals surface area contributed by atoms with Gasteiger partial charge in [0.25, 0.3) is 10.0 Å². The van der Waals surface area contributed by atoms with Gasteiger partial charge in [0.2, 0.25) is 11.8 Å². The van der Waals surface area contributed by atoms with Gasteiger partial charge in [-0.1, -0.05) is 43.2 Å². The van der Waals surface area contributed by atoms with Crippen molar-refractivity contribution in [3.63, 3.8) is 0 Å². The Morgan fingerprint density at radius 3 is 2.38 bits per heavy atom. The van der Waals surface area contributed by atoms with Crippen LogP contribution in [0.1, 0.15) is 43.7 Å². The summed E-state index contributed by atoms with van der Waals surface area (Å²) in [7, 11) is -4.09. The van der Waals surface area contributed by atoms with Crippen molar-refractivity contribution in [1.29, 1.82) is 0 Å². The maximum absolute atomic E-state index is 13.0. The fourth-order valence-electron chi connectivity index (χ4n) is 3.39. The molecule has 0 spiro atoms. The van der Waals surface area contributed by atoms with Crippen LogP contribution >= 0.6 is 0 Å². The highest BCUT2D eigenvalue weighted by Gasteiger charge is 2.44. The van der Waals surface area contributed by atoms with Gasteiger partial charge in [0.05, 0.1) is 4.90 Å². The first-order valence-electron chi connectivity index (χ1n) is 9.86. The van der Waals surface area contributed by atoms with E-state index in [9.17, 15) is 18.0 Å². The molecule has 0 aliphatic carbocycles. The van der Waals surface area contributed by atoms with Crippen molar-refractivity contribution >= 4 is 27.5 Å². The van der Waals surface area contributed by atoms with Gasteiger partial charge in [-0.25, -0.2) is 12.7 Å². The molecule has 1 atom stereocenters. The number of carbonyl (C=O) groups is 2. The highest BCUT2D eigenvalue weighted by atomic mass is 32.2. The molecule has 0 saturated carbocycles. The van der Waals surface area contributed by atoms with E-state index in [1.807, 2.05) is 19.1 Å². The summed E-state index contributed by atoms with van der Waals surface area (Å²) in [5.74, 6) is -1.05. The number of carbonyl (C=O) groups excluding carboxylic acids is 2. The van der Waals surface area contributed by atoms with Crippen LogP contribution in [0.4, 0.5) is 5.69 Å². The highest BCUT2D eigenvalue weighted by molar-refractivity contribution is 7.89. The molecule has 2 aromatic carbocycles. The number of rotatable bonds is 7. The van der Waals surface area contributed by atoms with Crippen LogP contribution in [0.15, 0.2) is 53.4 Å². The van der Waals surface area contributed by atoms with Gasteiger partial charge in [-0.2, -0.15) is 0 Å². The predicted octanol–water partition coefficient (Wildman–Crippen LogP) is 3.66. The summed E-state index contributed by atoms with van der Waals surface area (Å²) in [5, 5.41) is 2.75. The van der Waals surface area contributed by atoms with Gasteiger partial charge in [0, 0.05) is 12.1 Å². The van der Waals surface area contributed by atoms with Gasteiger partial charge in [-0.15, -0.1) is 0 Å². The minimum Gasteiger partial charge on any atom is -0.324 e. The molecule has 154 valence electrons. The van der Waals surface area contributed by atoms with E-state index in [0.717, 1.165) is 29.1 Å². The number of nitrogens with one attached hydrogen (secondary N) is 1. The number of benzene rings is 2. The zero-order valence-electron chi connectivity index (χ0n) is 16.7. The van der Waals surface area contributed by atoms with E-state index in [4.69, 9.17) is 0 Å². The summed E-state index contributed by atoms with van der Waals surface area (Å²) in [4.78, 5) is 25.1.